The first kappa shape index (κ1) is 11.0. The van der Waals surface area contributed by atoms with Crippen LogP contribution >= 0.6 is 11.3 Å². The van der Waals surface area contributed by atoms with Gasteiger partial charge in [0.15, 0.2) is 0 Å². The lowest BCUT2D eigenvalue weighted by molar-refractivity contribution is 0.411. The van der Waals surface area contributed by atoms with E-state index in [1.165, 1.54) is 0 Å². The summed E-state index contributed by atoms with van der Waals surface area (Å²) in [4.78, 5) is 9.40. The number of ether oxygens (including phenoxy) is 1. The van der Waals surface area contributed by atoms with Crippen molar-refractivity contribution < 1.29 is 4.74 Å². The molecule has 0 bridgehead atoms. The number of hydrogen-bond acceptors (Lipinski definition) is 5. The van der Waals surface area contributed by atoms with Gasteiger partial charge >= 0.3 is 0 Å². The Balaban J connectivity index is 2.33. The van der Waals surface area contributed by atoms with Crippen molar-refractivity contribution in [1.29, 1.82) is 0 Å². The maximum Gasteiger partial charge on any atom is 0.137 e. The van der Waals surface area contributed by atoms with Crippen molar-refractivity contribution in [2.45, 2.75) is 6.04 Å². The van der Waals surface area contributed by atoms with Crippen molar-refractivity contribution in [2.24, 2.45) is 0 Å². The minimum absolute atomic E-state index is 0.120. The van der Waals surface area contributed by atoms with Gasteiger partial charge in [0, 0.05) is 17.3 Å². The third-order valence-corrected chi connectivity index (χ3v) is 3.17. The van der Waals surface area contributed by atoms with Crippen LogP contribution < -0.4 is 10.1 Å². The van der Waals surface area contributed by atoms with Crippen LogP contribution in [-0.2, 0) is 0 Å². The summed E-state index contributed by atoms with van der Waals surface area (Å²) >= 11 is 1.62. The fourth-order valence-corrected chi connectivity index (χ4v) is 2.30. The molecule has 1 N–H and O–H groups in total. The predicted molar refractivity (Wildman–Crippen MR) is 63.8 cm³/mol. The summed E-state index contributed by atoms with van der Waals surface area (Å²) in [6.07, 6.45) is 5.40. The second-order valence-corrected chi connectivity index (χ2v) is 4.20. The zero-order chi connectivity index (χ0) is 11.4. The van der Waals surface area contributed by atoms with Gasteiger partial charge in [0.05, 0.1) is 24.9 Å². The standard InChI is InChI=1S/C11H13N3OS/c1-12-11(10-6-14-7-16-10)8-3-9(15-2)5-13-4-8/h3-7,11-12H,1-2H3. The molecule has 0 radical (unpaired) electrons. The van der Waals surface area contributed by atoms with Gasteiger partial charge in [-0.2, -0.15) is 0 Å². The average molecular weight is 235 g/mol. The van der Waals surface area contributed by atoms with Gasteiger partial charge in [0.25, 0.3) is 0 Å². The van der Waals surface area contributed by atoms with Crippen LogP contribution in [0.25, 0.3) is 0 Å². The van der Waals surface area contributed by atoms with Gasteiger partial charge in [-0.1, -0.05) is 0 Å². The molecule has 1 atom stereocenters. The molecule has 0 aliphatic rings. The number of nitrogens with zero attached hydrogens (tertiary/aromatic N) is 2. The number of hydrogen-bond donors (Lipinski definition) is 1. The molecular formula is C11H13N3OS. The molecule has 2 aromatic heterocycles. The zero-order valence-electron chi connectivity index (χ0n) is 9.18. The summed E-state index contributed by atoms with van der Waals surface area (Å²) in [6, 6.07) is 2.10. The van der Waals surface area contributed by atoms with E-state index in [4.69, 9.17) is 4.74 Å². The minimum Gasteiger partial charge on any atom is -0.495 e. The van der Waals surface area contributed by atoms with Crippen LogP contribution in [0.15, 0.2) is 30.2 Å². The molecule has 0 fully saturated rings. The number of pyridine rings is 1. The van der Waals surface area contributed by atoms with E-state index in [9.17, 15) is 0 Å². The highest BCUT2D eigenvalue weighted by molar-refractivity contribution is 7.09. The predicted octanol–water partition coefficient (Wildman–Crippen LogP) is 1.86. The van der Waals surface area contributed by atoms with E-state index < -0.39 is 0 Å². The second-order valence-electron chi connectivity index (χ2n) is 3.28. The fourth-order valence-electron chi connectivity index (χ4n) is 1.55. The van der Waals surface area contributed by atoms with Crippen molar-refractivity contribution in [3.63, 3.8) is 0 Å². The van der Waals surface area contributed by atoms with Crippen LogP contribution in [0.3, 0.4) is 0 Å². The summed E-state index contributed by atoms with van der Waals surface area (Å²) in [7, 11) is 3.56. The molecule has 0 spiro atoms. The molecule has 4 nitrogen and oxygen atoms in total. The average Bonchev–Trinajstić information content (AvgIpc) is 2.84. The third kappa shape index (κ3) is 2.20. The number of thiazole rings is 1. The molecule has 0 saturated heterocycles. The van der Waals surface area contributed by atoms with Crippen LogP contribution in [0, 0.1) is 0 Å². The summed E-state index contributed by atoms with van der Waals surface area (Å²) < 4.78 is 5.16. The highest BCUT2D eigenvalue weighted by Gasteiger charge is 2.14. The van der Waals surface area contributed by atoms with Crippen LogP contribution in [0.4, 0.5) is 0 Å². The Morgan fingerprint density at radius 1 is 1.31 bits per heavy atom. The topological polar surface area (TPSA) is 47.0 Å². The van der Waals surface area contributed by atoms with Crippen molar-refractivity contribution >= 4 is 11.3 Å². The molecule has 0 aliphatic carbocycles. The molecule has 1 unspecified atom stereocenters. The van der Waals surface area contributed by atoms with E-state index >= 15 is 0 Å². The summed E-state index contributed by atoms with van der Waals surface area (Å²) in [6.45, 7) is 0. The first-order chi connectivity index (χ1) is 7.85. The van der Waals surface area contributed by atoms with Crippen molar-refractivity contribution in [2.75, 3.05) is 14.2 Å². The van der Waals surface area contributed by atoms with Crippen LogP contribution in [0.2, 0.25) is 0 Å². The first-order valence-electron chi connectivity index (χ1n) is 4.89. The molecule has 16 heavy (non-hydrogen) atoms. The van der Waals surface area contributed by atoms with Gasteiger partial charge < -0.3 is 10.1 Å². The number of aromatic nitrogens is 2. The molecule has 0 aliphatic heterocycles. The normalized spacial score (nSPS) is 12.4. The Bertz CT molecular complexity index is 444. The number of rotatable bonds is 4. The molecule has 84 valence electrons. The van der Waals surface area contributed by atoms with Crippen LogP contribution in [0.5, 0.6) is 5.75 Å². The molecule has 2 rings (SSSR count). The maximum absolute atomic E-state index is 5.16. The number of methoxy groups -OCH3 is 1. The van der Waals surface area contributed by atoms with E-state index in [0.29, 0.717) is 0 Å². The lowest BCUT2D eigenvalue weighted by atomic mass is 10.1. The van der Waals surface area contributed by atoms with Gasteiger partial charge in [-0.05, 0) is 18.7 Å². The molecule has 0 aromatic carbocycles. The Hall–Kier alpha value is -1.46. The Morgan fingerprint density at radius 3 is 2.81 bits per heavy atom. The lowest BCUT2D eigenvalue weighted by Crippen LogP contribution is -2.16. The van der Waals surface area contributed by atoms with E-state index in [-0.39, 0.29) is 6.04 Å². The van der Waals surface area contributed by atoms with Gasteiger partial charge in [-0.25, -0.2) is 0 Å². The van der Waals surface area contributed by atoms with Crippen LogP contribution in [0.1, 0.15) is 16.5 Å². The van der Waals surface area contributed by atoms with Gasteiger partial charge in [0.2, 0.25) is 0 Å². The SMILES string of the molecule is CNC(c1cncc(OC)c1)c1cncs1. The third-order valence-electron chi connectivity index (χ3n) is 2.33. The molecule has 2 heterocycles. The minimum atomic E-state index is 0.120. The summed E-state index contributed by atoms with van der Waals surface area (Å²) in [5.74, 6) is 0.766. The van der Waals surface area contributed by atoms with Gasteiger partial charge in [-0.3, -0.25) is 9.97 Å². The van der Waals surface area contributed by atoms with Crippen molar-refractivity contribution in [3.05, 3.63) is 40.6 Å². The Morgan fingerprint density at radius 2 is 2.19 bits per heavy atom. The molecule has 2 aromatic rings. The maximum atomic E-state index is 5.16. The molecule has 5 heteroatoms. The van der Waals surface area contributed by atoms with Gasteiger partial charge in [-0.15, -0.1) is 11.3 Å². The zero-order valence-corrected chi connectivity index (χ0v) is 9.99. The highest BCUT2D eigenvalue weighted by atomic mass is 32.1. The fraction of sp³-hybridized carbons (Fsp3) is 0.273. The quantitative estimate of drug-likeness (QED) is 0.878. The largest absolute Gasteiger partial charge is 0.495 e. The summed E-state index contributed by atoms with van der Waals surface area (Å²) in [5, 5.41) is 3.25. The highest BCUT2D eigenvalue weighted by Crippen LogP contribution is 2.25. The molecule has 0 amide bonds. The van der Waals surface area contributed by atoms with E-state index in [0.717, 1.165) is 16.2 Å². The van der Waals surface area contributed by atoms with E-state index in [1.807, 2.05) is 31.0 Å². The van der Waals surface area contributed by atoms with Crippen molar-refractivity contribution in [1.82, 2.24) is 15.3 Å². The lowest BCUT2D eigenvalue weighted by Gasteiger charge is -2.14. The Kier molecular flexibility index (Phi) is 3.48. The Labute approximate surface area is 98.3 Å². The van der Waals surface area contributed by atoms with E-state index in [2.05, 4.69) is 15.3 Å². The van der Waals surface area contributed by atoms with E-state index in [1.54, 1.807) is 24.6 Å². The first-order valence-corrected chi connectivity index (χ1v) is 5.77. The second kappa shape index (κ2) is 5.05. The van der Waals surface area contributed by atoms with Crippen molar-refractivity contribution in [3.8, 4) is 5.75 Å². The smallest absolute Gasteiger partial charge is 0.137 e. The molecular weight excluding hydrogens is 222 g/mol. The summed E-state index contributed by atoms with van der Waals surface area (Å²) in [5.41, 5.74) is 2.90. The number of nitrogens with one attached hydrogen (secondary N) is 1. The van der Waals surface area contributed by atoms with Crippen LogP contribution in [-0.4, -0.2) is 24.1 Å². The monoisotopic (exact) mass is 235 g/mol. The molecule has 0 saturated carbocycles. The van der Waals surface area contributed by atoms with Gasteiger partial charge in [0.1, 0.15) is 5.75 Å².